The van der Waals surface area contributed by atoms with E-state index in [2.05, 4.69) is 31.0 Å². The van der Waals surface area contributed by atoms with Gasteiger partial charge in [-0.3, -0.25) is 14.3 Å². The van der Waals surface area contributed by atoms with Gasteiger partial charge in [0.1, 0.15) is 5.82 Å². The Morgan fingerprint density at radius 1 is 1.28 bits per heavy atom. The Balaban J connectivity index is 1.28. The second-order valence-electron chi connectivity index (χ2n) is 7.18. The number of nitrogens with one attached hydrogen (secondary N) is 2. The van der Waals surface area contributed by atoms with Gasteiger partial charge in [-0.25, -0.2) is 4.98 Å². The lowest BCUT2D eigenvalue weighted by atomic mass is 10.1. The van der Waals surface area contributed by atoms with E-state index in [9.17, 15) is 9.59 Å². The minimum atomic E-state index is -0.198. The van der Waals surface area contributed by atoms with Gasteiger partial charge in [0, 0.05) is 31.9 Å². The number of rotatable bonds is 6. The lowest BCUT2D eigenvalue weighted by molar-refractivity contribution is 0.0942. The molecule has 1 saturated carbocycles. The zero-order valence-corrected chi connectivity index (χ0v) is 16.0. The van der Waals surface area contributed by atoms with Crippen LogP contribution in [0.15, 0.2) is 47.7 Å². The molecule has 2 atom stereocenters. The summed E-state index contributed by atoms with van der Waals surface area (Å²) in [6.07, 6.45) is 7.78. The quantitative estimate of drug-likeness (QED) is 0.633. The fourth-order valence-corrected chi connectivity index (χ4v) is 3.53. The summed E-state index contributed by atoms with van der Waals surface area (Å²) in [7, 11) is 1.73. The average molecular weight is 394 g/mol. The van der Waals surface area contributed by atoms with Gasteiger partial charge in [-0.15, -0.1) is 5.10 Å². The number of aromatic nitrogens is 6. The van der Waals surface area contributed by atoms with Gasteiger partial charge in [-0.05, 0) is 43.4 Å². The van der Waals surface area contributed by atoms with Crippen LogP contribution in [0.5, 0.6) is 0 Å². The average Bonchev–Trinajstić information content (AvgIpc) is 3.36. The number of aryl methyl sites for hydroxylation is 1. The molecule has 1 amide bonds. The molecule has 10 nitrogen and oxygen atoms in total. The predicted molar refractivity (Wildman–Crippen MR) is 106 cm³/mol. The highest BCUT2D eigenvalue weighted by Crippen LogP contribution is 2.27. The number of pyridine rings is 1. The Bertz CT molecular complexity index is 1040. The molecular weight excluding hydrogens is 372 g/mol. The first-order valence-corrected chi connectivity index (χ1v) is 9.50. The maximum Gasteiger partial charge on any atom is 0.273 e. The molecule has 3 aromatic heterocycles. The number of hydrogen-bond acceptors (Lipinski definition) is 7. The van der Waals surface area contributed by atoms with Crippen molar-refractivity contribution in [2.24, 2.45) is 13.0 Å². The molecule has 0 bridgehead atoms. The third-order valence-corrected chi connectivity index (χ3v) is 4.99. The van der Waals surface area contributed by atoms with Gasteiger partial charge < -0.3 is 10.6 Å². The molecule has 3 heterocycles. The van der Waals surface area contributed by atoms with Crippen molar-refractivity contribution in [2.75, 3.05) is 11.9 Å². The maximum atomic E-state index is 12.1. The van der Waals surface area contributed by atoms with Crippen LogP contribution in [0.1, 0.15) is 29.8 Å². The van der Waals surface area contributed by atoms with Gasteiger partial charge in [0.2, 0.25) is 0 Å². The van der Waals surface area contributed by atoms with Crippen molar-refractivity contribution in [1.82, 2.24) is 35.1 Å². The summed E-state index contributed by atoms with van der Waals surface area (Å²) in [5.41, 5.74) is 0.755. The van der Waals surface area contributed by atoms with E-state index in [4.69, 9.17) is 0 Å². The van der Waals surface area contributed by atoms with E-state index < -0.39 is 0 Å². The summed E-state index contributed by atoms with van der Waals surface area (Å²) in [5, 5.41) is 18.0. The van der Waals surface area contributed by atoms with Crippen molar-refractivity contribution in [2.45, 2.75) is 25.3 Å². The Morgan fingerprint density at radius 3 is 2.90 bits per heavy atom. The normalized spacial score (nSPS) is 18.5. The molecule has 4 rings (SSSR count). The highest BCUT2D eigenvalue weighted by molar-refractivity contribution is 5.91. The predicted octanol–water partition coefficient (Wildman–Crippen LogP) is 0.767. The zero-order valence-electron chi connectivity index (χ0n) is 16.0. The highest BCUT2D eigenvalue weighted by Gasteiger charge is 2.25. The first kappa shape index (κ1) is 18.8. The molecule has 0 aliphatic heterocycles. The van der Waals surface area contributed by atoms with Crippen molar-refractivity contribution in [3.05, 3.63) is 58.9 Å². The SMILES string of the molecule is Cn1cc(C(=O)NCC2CCC(Nc3ccc(-n4ncccc4=O)cn3)C2)nn1. The summed E-state index contributed by atoms with van der Waals surface area (Å²) in [6, 6.07) is 7.02. The zero-order chi connectivity index (χ0) is 20.2. The van der Waals surface area contributed by atoms with Gasteiger partial charge in [-0.2, -0.15) is 9.78 Å². The van der Waals surface area contributed by atoms with E-state index in [1.54, 1.807) is 31.7 Å². The van der Waals surface area contributed by atoms with E-state index in [-0.39, 0.29) is 11.5 Å². The van der Waals surface area contributed by atoms with Gasteiger partial charge in [0.25, 0.3) is 11.5 Å². The third-order valence-electron chi connectivity index (χ3n) is 4.99. The van der Waals surface area contributed by atoms with Crippen LogP contribution >= 0.6 is 0 Å². The summed E-state index contributed by atoms with van der Waals surface area (Å²) in [6.45, 7) is 0.614. The molecular formula is C19H22N8O2. The Labute approximate surface area is 167 Å². The molecule has 2 N–H and O–H groups in total. The molecule has 150 valence electrons. The van der Waals surface area contributed by atoms with E-state index in [0.29, 0.717) is 29.9 Å². The van der Waals surface area contributed by atoms with Crippen LogP contribution in [-0.4, -0.2) is 48.3 Å². The third kappa shape index (κ3) is 4.48. The molecule has 0 radical (unpaired) electrons. The molecule has 0 aromatic carbocycles. The van der Waals surface area contributed by atoms with Crippen LogP contribution in [0.4, 0.5) is 5.82 Å². The minimum Gasteiger partial charge on any atom is -0.367 e. The number of anilines is 1. The molecule has 1 aliphatic rings. The van der Waals surface area contributed by atoms with Gasteiger partial charge in [-0.1, -0.05) is 5.21 Å². The second kappa shape index (κ2) is 8.21. The van der Waals surface area contributed by atoms with Crippen LogP contribution in [0.2, 0.25) is 0 Å². The smallest absolute Gasteiger partial charge is 0.273 e. The number of amides is 1. The maximum absolute atomic E-state index is 12.1. The molecule has 2 unspecified atom stereocenters. The standard InChI is InChI=1S/C19H22N8O2/c1-26-12-16(24-25-26)19(29)21-10-13-4-5-14(9-13)23-17-7-6-15(11-20-17)27-18(28)3-2-8-22-27/h2-3,6-8,11-14H,4-5,9-10H2,1H3,(H,20,23)(H,21,29). The van der Waals surface area contributed by atoms with Crippen molar-refractivity contribution in [3.8, 4) is 5.69 Å². The first-order valence-electron chi connectivity index (χ1n) is 9.50. The number of hydrogen-bond donors (Lipinski definition) is 2. The fourth-order valence-electron chi connectivity index (χ4n) is 3.53. The van der Waals surface area contributed by atoms with E-state index >= 15 is 0 Å². The van der Waals surface area contributed by atoms with Crippen molar-refractivity contribution in [1.29, 1.82) is 0 Å². The topological polar surface area (TPSA) is 120 Å². The fraction of sp³-hybridized carbons (Fsp3) is 0.368. The minimum absolute atomic E-state index is 0.197. The van der Waals surface area contributed by atoms with Gasteiger partial charge >= 0.3 is 0 Å². The van der Waals surface area contributed by atoms with E-state index in [0.717, 1.165) is 25.1 Å². The molecule has 3 aromatic rings. The molecule has 1 aliphatic carbocycles. The van der Waals surface area contributed by atoms with Crippen LogP contribution < -0.4 is 16.2 Å². The molecule has 1 fully saturated rings. The summed E-state index contributed by atoms with van der Waals surface area (Å²) >= 11 is 0. The van der Waals surface area contributed by atoms with Crippen LogP contribution in [-0.2, 0) is 7.05 Å². The highest BCUT2D eigenvalue weighted by atomic mass is 16.2. The molecule has 10 heteroatoms. The van der Waals surface area contributed by atoms with Gasteiger partial charge in [0.15, 0.2) is 5.69 Å². The number of carbonyl (C=O) groups excluding carboxylic acids is 1. The lowest BCUT2D eigenvalue weighted by Gasteiger charge is -2.14. The summed E-state index contributed by atoms with van der Waals surface area (Å²) in [5.74, 6) is 0.961. The monoisotopic (exact) mass is 394 g/mol. The number of nitrogens with zero attached hydrogens (tertiary/aromatic N) is 6. The van der Waals surface area contributed by atoms with Gasteiger partial charge in [0.05, 0.1) is 18.1 Å². The molecule has 0 saturated heterocycles. The molecule has 29 heavy (non-hydrogen) atoms. The molecule has 0 spiro atoms. The van der Waals surface area contributed by atoms with Crippen molar-refractivity contribution >= 4 is 11.7 Å². The largest absolute Gasteiger partial charge is 0.367 e. The van der Waals surface area contributed by atoms with Crippen LogP contribution in [0, 0.1) is 5.92 Å². The first-order chi connectivity index (χ1) is 14.1. The Morgan fingerprint density at radius 2 is 2.17 bits per heavy atom. The number of carbonyl (C=O) groups is 1. The van der Waals surface area contributed by atoms with Crippen LogP contribution in [0.25, 0.3) is 5.69 Å². The van der Waals surface area contributed by atoms with E-state index in [1.165, 1.54) is 15.4 Å². The summed E-state index contributed by atoms with van der Waals surface area (Å²) < 4.78 is 2.81. The Hall–Kier alpha value is -3.56. The van der Waals surface area contributed by atoms with Crippen LogP contribution in [0.3, 0.4) is 0 Å². The van der Waals surface area contributed by atoms with E-state index in [1.807, 2.05) is 12.1 Å². The lowest BCUT2D eigenvalue weighted by Crippen LogP contribution is -2.29. The van der Waals surface area contributed by atoms with Crippen molar-refractivity contribution in [3.63, 3.8) is 0 Å². The van der Waals surface area contributed by atoms with Crippen molar-refractivity contribution < 1.29 is 4.79 Å². The Kier molecular flexibility index (Phi) is 5.32. The summed E-state index contributed by atoms with van der Waals surface area (Å²) in [4.78, 5) is 28.3. The second-order valence-corrected chi connectivity index (χ2v) is 7.18.